The van der Waals surface area contributed by atoms with Gasteiger partial charge in [0.05, 0.1) is 17.4 Å². The van der Waals surface area contributed by atoms with Crippen molar-refractivity contribution in [2.45, 2.75) is 20.0 Å². The smallest absolute Gasteiger partial charge is 0.248 e. The third-order valence-corrected chi connectivity index (χ3v) is 5.71. The summed E-state index contributed by atoms with van der Waals surface area (Å²) in [7, 11) is 0. The van der Waals surface area contributed by atoms with Gasteiger partial charge >= 0.3 is 0 Å². The van der Waals surface area contributed by atoms with Crippen LogP contribution in [0.3, 0.4) is 0 Å². The van der Waals surface area contributed by atoms with Gasteiger partial charge < -0.3 is 15.4 Å². The number of hydrogen-bond acceptors (Lipinski definition) is 6. The number of nitrogens with one attached hydrogen (secondary N) is 3. The van der Waals surface area contributed by atoms with E-state index in [1.54, 1.807) is 29.7 Å². The Bertz CT molecular complexity index is 1120. The Morgan fingerprint density at radius 2 is 1.91 bits per heavy atom. The van der Waals surface area contributed by atoms with Crippen LogP contribution < -0.4 is 20.9 Å². The highest BCUT2D eigenvalue weighted by Gasteiger charge is 2.35. The number of carbonyl (C=O) groups is 2. The number of nitrogens with zero attached hydrogens (tertiary/aromatic N) is 1. The molecule has 2 aromatic carbocycles. The lowest BCUT2D eigenvalue weighted by atomic mass is 9.85. The molecule has 2 heterocycles. The van der Waals surface area contributed by atoms with Gasteiger partial charge in [-0.2, -0.15) is 0 Å². The zero-order valence-corrected chi connectivity index (χ0v) is 17.8. The number of anilines is 1. The molecule has 0 saturated carbocycles. The summed E-state index contributed by atoms with van der Waals surface area (Å²) in [4.78, 5) is 29.1. The van der Waals surface area contributed by atoms with E-state index in [0.29, 0.717) is 37.6 Å². The van der Waals surface area contributed by atoms with Crippen molar-refractivity contribution in [3.05, 3.63) is 65.9 Å². The number of aromatic nitrogens is 1. The molecule has 166 valence electrons. The lowest BCUT2D eigenvalue weighted by molar-refractivity contribution is -0.139. The molecule has 1 aliphatic rings. The molecule has 0 radical (unpaired) electrons. The number of pyridine rings is 1. The number of amides is 2. The molecule has 32 heavy (non-hydrogen) atoms. The standard InChI is InChI=1S/C24H26N4O4/c1-15-12-16(19-4-2-3-5-22(19)26-15)14-32-18-8-6-17(7-9-18)27-23(29)20-10-11-25-13-21(20)24(30)28-31/h2-9,12,20-21,25,31H,10-11,13-14H2,1H3,(H,27,29)(H,28,30)/t20-,21-/m0/s1. The Hall–Kier alpha value is -3.49. The average molecular weight is 434 g/mol. The Morgan fingerprint density at radius 3 is 2.69 bits per heavy atom. The van der Waals surface area contributed by atoms with E-state index >= 15 is 0 Å². The van der Waals surface area contributed by atoms with Crippen LogP contribution in [0, 0.1) is 18.8 Å². The van der Waals surface area contributed by atoms with Crippen molar-refractivity contribution >= 4 is 28.4 Å². The fraction of sp³-hybridized carbons (Fsp3) is 0.292. The minimum absolute atomic E-state index is 0.243. The van der Waals surface area contributed by atoms with Gasteiger partial charge in [-0.05, 0) is 56.3 Å². The maximum absolute atomic E-state index is 12.7. The number of hydrogen-bond donors (Lipinski definition) is 4. The van der Waals surface area contributed by atoms with Gasteiger partial charge in [-0.1, -0.05) is 18.2 Å². The predicted octanol–water partition coefficient (Wildman–Crippen LogP) is 2.79. The summed E-state index contributed by atoms with van der Waals surface area (Å²) in [6.45, 7) is 3.36. The van der Waals surface area contributed by atoms with Gasteiger partial charge in [0.25, 0.3) is 0 Å². The molecule has 1 fully saturated rings. The first-order valence-electron chi connectivity index (χ1n) is 10.6. The summed E-state index contributed by atoms with van der Waals surface area (Å²) in [5, 5.41) is 15.9. The lowest BCUT2D eigenvalue weighted by Gasteiger charge is -2.29. The third-order valence-electron chi connectivity index (χ3n) is 5.71. The molecule has 4 N–H and O–H groups in total. The molecule has 2 atom stereocenters. The van der Waals surface area contributed by atoms with Gasteiger partial charge in [-0.25, -0.2) is 5.48 Å². The molecule has 8 nitrogen and oxygen atoms in total. The second kappa shape index (κ2) is 9.76. The quantitative estimate of drug-likeness (QED) is 0.351. The highest BCUT2D eigenvalue weighted by atomic mass is 16.5. The van der Waals surface area contributed by atoms with E-state index in [0.717, 1.165) is 22.2 Å². The molecule has 4 rings (SSSR count). The fourth-order valence-electron chi connectivity index (χ4n) is 4.08. The minimum atomic E-state index is -0.616. The van der Waals surface area contributed by atoms with Crippen LogP contribution in [-0.4, -0.2) is 35.1 Å². The Kier molecular flexibility index (Phi) is 6.63. The average Bonchev–Trinajstić information content (AvgIpc) is 2.82. The zero-order chi connectivity index (χ0) is 22.5. The Balaban J connectivity index is 1.39. The normalized spacial score (nSPS) is 18.2. The van der Waals surface area contributed by atoms with E-state index in [4.69, 9.17) is 9.94 Å². The van der Waals surface area contributed by atoms with Crippen molar-refractivity contribution in [3.8, 4) is 5.75 Å². The maximum Gasteiger partial charge on any atom is 0.248 e. The molecule has 0 spiro atoms. The summed E-state index contributed by atoms with van der Waals surface area (Å²) >= 11 is 0. The topological polar surface area (TPSA) is 113 Å². The van der Waals surface area contributed by atoms with Gasteiger partial charge in [-0.3, -0.25) is 19.8 Å². The first-order chi connectivity index (χ1) is 15.5. The first-order valence-corrected chi connectivity index (χ1v) is 10.6. The van der Waals surface area contributed by atoms with Crippen molar-refractivity contribution in [1.29, 1.82) is 0 Å². The van der Waals surface area contributed by atoms with Crippen molar-refractivity contribution in [2.24, 2.45) is 11.8 Å². The van der Waals surface area contributed by atoms with Crippen LogP contribution in [0.15, 0.2) is 54.6 Å². The monoisotopic (exact) mass is 434 g/mol. The van der Waals surface area contributed by atoms with Crippen LogP contribution >= 0.6 is 0 Å². The summed E-state index contributed by atoms with van der Waals surface area (Å²) in [5.74, 6) is -1.24. The lowest BCUT2D eigenvalue weighted by Crippen LogP contribution is -2.48. The summed E-state index contributed by atoms with van der Waals surface area (Å²) in [6.07, 6.45) is 0.518. The predicted molar refractivity (Wildman–Crippen MR) is 120 cm³/mol. The van der Waals surface area contributed by atoms with E-state index in [-0.39, 0.29) is 5.91 Å². The van der Waals surface area contributed by atoms with Gasteiger partial charge in [-0.15, -0.1) is 0 Å². The number of ether oxygens (including phenoxy) is 1. The molecule has 0 unspecified atom stereocenters. The molecule has 0 bridgehead atoms. The first kappa shape index (κ1) is 21.7. The van der Waals surface area contributed by atoms with Gasteiger partial charge in [0, 0.05) is 28.9 Å². The largest absolute Gasteiger partial charge is 0.489 e. The molecule has 1 aromatic heterocycles. The van der Waals surface area contributed by atoms with E-state index in [1.807, 2.05) is 37.3 Å². The van der Waals surface area contributed by atoms with E-state index < -0.39 is 17.7 Å². The van der Waals surface area contributed by atoms with E-state index in [1.165, 1.54) is 0 Å². The SMILES string of the molecule is Cc1cc(COc2ccc(NC(=O)[C@H]3CCNC[C@@H]3C(=O)NO)cc2)c2ccccc2n1. The number of fused-ring (bicyclic) bond motifs is 1. The molecule has 2 amide bonds. The third kappa shape index (κ3) is 4.87. The molecule has 8 heteroatoms. The summed E-state index contributed by atoms with van der Waals surface area (Å²) in [6, 6.07) is 17.1. The van der Waals surface area contributed by atoms with Gasteiger partial charge in [0.1, 0.15) is 12.4 Å². The second-order valence-corrected chi connectivity index (χ2v) is 7.92. The number of aryl methyl sites for hydroxylation is 1. The molecular weight excluding hydrogens is 408 g/mol. The van der Waals surface area contributed by atoms with Crippen molar-refractivity contribution < 1.29 is 19.5 Å². The van der Waals surface area contributed by atoms with Crippen LogP contribution in [-0.2, 0) is 16.2 Å². The summed E-state index contributed by atoms with van der Waals surface area (Å²) < 4.78 is 5.97. The van der Waals surface area contributed by atoms with Crippen LogP contribution in [0.1, 0.15) is 17.7 Å². The van der Waals surface area contributed by atoms with Gasteiger partial charge in [0.2, 0.25) is 11.8 Å². The Morgan fingerprint density at radius 1 is 1.12 bits per heavy atom. The summed E-state index contributed by atoms with van der Waals surface area (Å²) in [5.41, 5.74) is 5.21. The number of piperidine rings is 1. The van der Waals surface area contributed by atoms with Crippen molar-refractivity contribution in [2.75, 3.05) is 18.4 Å². The van der Waals surface area contributed by atoms with E-state index in [9.17, 15) is 9.59 Å². The highest BCUT2D eigenvalue weighted by molar-refractivity contribution is 5.96. The number of para-hydroxylation sites is 1. The van der Waals surface area contributed by atoms with Crippen LogP contribution in [0.4, 0.5) is 5.69 Å². The van der Waals surface area contributed by atoms with Crippen LogP contribution in [0.25, 0.3) is 10.9 Å². The zero-order valence-electron chi connectivity index (χ0n) is 17.8. The van der Waals surface area contributed by atoms with Gasteiger partial charge in [0.15, 0.2) is 0 Å². The Labute approximate surface area is 186 Å². The number of rotatable bonds is 6. The fourth-order valence-corrected chi connectivity index (χ4v) is 4.08. The molecule has 0 aliphatic carbocycles. The highest BCUT2D eigenvalue weighted by Crippen LogP contribution is 2.24. The van der Waals surface area contributed by atoms with Crippen molar-refractivity contribution in [1.82, 2.24) is 15.8 Å². The van der Waals surface area contributed by atoms with E-state index in [2.05, 4.69) is 15.6 Å². The number of hydroxylamine groups is 1. The molecular formula is C24H26N4O4. The molecule has 1 aliphatic heterocycles. The molecule has 3 aromatic rings. The minimum Gasteiger partial charge on any atom is -0.489 e. The van der Waals surface area contributed by atoms with Crippen LogP contribution in [0.5, 0.6) is 5.75 Å². The maximum atomic E-state index is 12.7. The molecule has 1 saturated heterocycles. The van der Waals surface area contributed by atoms with Crippen LogP contribution in [0.2, 0.25) is 0 Å². The number of benzene rings is 2. The van der Waals surface area contributed by atoms with Crippen molar-refractivity contribution in [3.63, 3.8) is 0 Å². The second-order valence-electron chi connectivity index (χ2n) is 7.92. The number of carbonyl (C=O) groups excluding carboxylic acids is 2.